The molecule has 3 aromatic rings. The number of thiazole rings is 1. The zero-order chi connectivity index (χ0) is 18.3. The normalized spacial score (nSPS) is 18.4. The van der Waals surface area contributed by atoms with Crippen molar-refractivity contribution < 1.29 is 4.79 Å². The minimum absolute atomic E-state index is 0.0244. The molecule has 0 aromatic carbocycles. The van der Waals surface area contributed by atoms with E-state index in [-0.39, 0.29) is 11.9 Å². The Bertz CT molecular complexity index is 927. The zero-order valence-corrected chi connectivity index (χ0v) is 15.8. The number of aromatic nitrogens is 5. The van der Waals surface area contributed by atoms with E-state index in [1.54, 1.807) is 17.1 Å². The molecule has 1 aliphatic heterocycles. The molecule has 0 N–H and O–H groups in total. The van der Waals surface area contributed by atoms with Crippen LogP contribution in [0.2, 0.25) is 0 Å². The maximum absolute atomic E-state index is 13.0. The number of likely N-dealkylation sites (N-methyl/N-ethyl adjacent to an activating group) is 1. The van der Waals surface area contributed by atoms with E-state index in [1.807, 2.05) is 41.3 Å². The van der Waals surface area contributed by atoms with Crippen LogP contribution in [0.4, 0.5) is 0 Å². The van der Waals surface area contributed by atoms with E-state index in [2.05, 4.69) is 27.0 Å². The second-order valence-electron chi connectivity index (χ2n) is 6.58. The first-order chi connectivity index (χ1) is 12.5. The van der Waals surface area contributed by atoms with E-state index in [0.717, 1.165) is 22.9 Å². The third kappa shape index (κ3) is 3.04. The van der Waals surface area contributed by atoms with Gasteiger partial charge in [0.15, 0.2) is 0 Å². The molecule has 1 fully saturated rings. The third-order valence-corrected chi connectivity index (χ3v) is 5.66. The molecule has 0 spiro atoms. The second-order valence-corrected chi connectivity index (χ2v) is 7.44. The molecule has 8 nitrogen and oxygen atoms in total. The standard InChI is InChI=1S/C17H21N7OS/c1-21-6-7-24(10-14(21)15-18-4-5-22(15)2)17(25)13-11-26-16(20-13)12-8-19-23(3)9-12/h4-5,8-9,11,14H,6-7,10H2,1-3H3. The summed E-state index contributed by atoms with van der Waals surface area (Å²) in [5.41, 5.74) is 1.43. The van der Waals surface area contributed by atoms with Gasteiger partial charge in [0.05, 0.1) is 12.2 Å². The van der Waals surface area contributed by atoms with Crippen LogP contribution >= 0.6 is 11.3 Å². The van der Waals surface area contributed by atoms with E-state index >= 15 is 0 Å². The van der Waals surface area contributed by atoms with Crippen LogP contribution in [0.3, 0.4) is 0 Å². The summed E-state index contributed by atoms with van der Waals surface area (Å²) in [4.78, 5) is 26.1. The van der Waals surface area contributed by atoms with Gasteiger partial charge in [-0.1, -0.05) is 0 Å². The summed E-state index contributed by atoms with van der Waals surface area (Å²) in [6.45, 7) is 2.11. The molecular weight excluding hydrogens is 350 g/mol. The molecule has 26 heavy (non-hydrogen) atoms. The van der Waals surface area contributed by atoms with Gasteiger partial charge < -0.3 is 9.47 Å². The van der Waals surface area contributed by atoms with E-state index < -0.39 is 0 Å². The highest BCUT2D eigenvalue weighted by atomic mass is 32.1. The van der Waals surface area contributed by atoms with Crippen LogP contribution in [0, 0.1) is 0 Å². The summed E-state index contributed by atoms with van der Waals surface area (Å²) in [6, 6.07) is 0.0872. The van der Waals surface area contributed by atoms with E-state index in [0.29, 0.717) is 18.8 Å². The molecule has 136 valence electrons. The first-order valence-corrected chi connectivity index (χ1v) is 9.32. The monoisotopic (exact) mass is 371 g/mol. The fraction of sp³-hybridized carbons (Fsp3) is 0.412. The van der Waals surface area contributed by atoms with Crippen molar-refractivity contribution in [2.75, 3.05) is 26.7 Å². The van der Waals surface area contributed by atoms with Gasteiger partial charge in [-0.3, -0.25) is 14.4 Å². The molecule has 3 aromatic heterocycles. The molecule has 1 aliphatic rings. The lowest BCUT2D eigenvalue weighted by molar-refractivity contribution is 0.0524. The Hall–Kier alpha value is -2.52. The molecule has 1 saturated heterocycles. The molecular formula is C17H21N7OS. The Morgan fingerprint density at radius 1 is 1.27 bits per heavy atom. The van der Waals surface area contributed by atoms with E-state index in [4.69, 9.17) is 0 Å². The van der Waals surface area contributed by atoms with Crippen molar-refractivity contribution in [1.82, 2.24) is 34.1 Å². The number of carbonyl (C=O) groups is 1. The van der Waals surface area contributed by atoms with Crippen molar-refractivity contribution in [1.29, 1.82) is 0 Å². The predicted molar refractivity (Wildman–Crippen MR) is 98.8 cm³/mol. The lowest BCUT2D eigenvalue weighted by Gasteiger charge is -2.38. The highest BCUT2D eigenvalue weighted by Crippen LogP contribution is 2.26. The van der Waals surface area contributed by atoms with Crippen LogP contribution in [-0.4, -0.2) is 66.7 Å². The number of amides is 1. The molecule has 0 bridgehead atoms. The van der Waals surface area contributed by atoms with Gasteiger partial charge in [0.1, 0.15) is 16.5 Å². The van der Waals surface area contributed by atoms with Gasteiger partial charge in [0.2, 0.25) is 0 Å². The number of imidazole rings is 1. The Balaban J connectivity index is 1.53. The summed E-state index contributed by atoms with van der Waals surface area (Å²) >= 11 is 1.47. The summed E-state index contributed by atoms with van der Waals surface area (Å²) in [7, 11) is 5.92. The molecule has 0 aliphatic carbocycles. The van der Waals surface area contributed by atoms with Gasteiger partial charge in [-0.2, -0.15) is 5.10 Å². The average molecular weight is 371 g/mol. The number of hydrogen-bond acceptors (Lipinski definition) is 6. The van der Waals surface area contributed by atoms with Gasteiger partial charge >= 0.3 is 0 Å². The Morgan fingerprint density at radius 2 is 2.12 bits per heavy atom. The summed E-state index contributed by atoms with van der Waals surface area (Å²) in [5.74, 6) is 0.947. The van der Waals surface area contributed by atoms with Crippen molar-refractivity contribution in [2.45, 2.75) is 6.04 Å². The summed E-state index contributed by atoms with van der Waals surface area (Å²) < 4.78 is 3.74. The van der Waals surface area contributed by atoms with Crippen molar-refractivity contribution >= 4 is 17.2 Å². The second kappa shape index (κ2) is 6.65. The van der Waals surface area contributed by atoms with Gasteiger partial charge in [0.25, 0.3) is 5.91 Å². The quantitative estimate of drug-likeness (QED) is 0.696. The SMILES string of the molecule is CN1CCN(C(=O)c2csc(-c3cnn(C)c3)n2)CC1c1nccn1C. The van der Waals surface area contributed by atoms with Gasteiger partial charge in [0, 0.05) is 63.3 Å². The van der Waals surface area contributed by atoms with Crippen molar-refractivity contribution in [3.63, 3.8) is 0 Å². The number of rotatable bonds is 3. The average Bonchev–Trinajstić information content (AvgIpc) is 3.35. The molecule has 0 saturated carbocycles. The van der Waals surface area contributed by atoms with Crippen LogP contribution in [0.1, 0.15) is 22.4 Å². The van der Waals surface area contributed by atoms with Crippen LogP contribution in [0.15, 0.2) is 30.2 Å². The largest absolute Gasteiger partial charge is 0.337 e. The summed E-state index contributed by atoms with van der Waals surface area (Å²) in [6.07, 6.45) is 7.40. The van der Waals surface area contributed by atoms with Gasteiger partial charge in [-0.05, 0) is 7.05 Å². The molecule has 1 atom stereocenters. The highest BCUT2D eigenvalue weighted by Gasteiger charge is 2.32. The fourth-order valence-corrected chi connectivity index (χ4v) is 4.00. The third-order valence-electron chi connectivity index (χ3n) is 4.77. The summed E-state index contributed by atoms with van der Waals surface area (Å²) in [5, 5.41) is 6.81. The molecule has 0 radical (unpaired) electrons. The highest BCUT2D eigenvalue weighted by molar-refractivity contribution is 7.13. The minimum Gasteiger partial charge on any atom is -0.337 e. The predicted octanol–water partition coefficient (Wildman–Crippen LogP) is 1.41. The molecule has 1 unspecified atom stereocenters. The fourth-order valence-electron chi connectivity index (χ4n) is 3.23. The maximum atomic E-state index is 13.0. The number of hydrogen-bond donors (Lipinski definition) is 0. The first-order valence-electron chi connectivity index (χ1n) is 8.44. The van der Waals surface area contributed by atoms with Crippen LogP contribution in [0.5, 0.6) is 0 Å². The van der Waals surface area contributed by atoms with E-state index in [1.165, 1.54) is 11.3 Å². The molecule has 1 amide bonds. The van der Waals surface area contributed by atoms with Crippen molar-refractivity contribution in [3.05, 3.63) is 41.7 Å². The van der Waals surface area contributed by atoms with Crippen molar-refractivity contribution in [3.8, 4) is 10.6 Å². The molecule has 9 heteroatoms. The van der Waals surface area contributed by atoms with Crippen LogP contribution in [0.25, 0.3) is 10.6 Å². The molecule has 4 heterocycles. The Morgan fingerprint density at radius 3 is 2.81 bits per heavy atom. The number of aryl methyl sites for hydroxylation is 2. The van der Waals surface area contributed by atoms with E-state index in [9.17, 15) is 4.79 Å². The lowest BCUT2D eigenvalue weighted by Crippen LogP contribution is -2.49. The first kappa shape index (κ1) is 16.9. The van der Waals surface area contributed by atoms with Gasteiger partial charge in [-0.15, -0.1) is 11.3 Å². The van der Waals surface area contributed by atoms with Gasteiger partial charge in [-0.25, -0.2) is 9.97 Å². The van der Waals surface area contributed by atoms with Crippen LogP contribution in [-0.2, 0) is 14.1 Å². The molecule has 4 rings (SSSR count). The maximum Gasteiger partial charge on any atom is 0.273 e. The zero-order valence-electron chi connectivity index (χ0n) is 15.0. The number of nitrogens with zero attached hydrogens (tertiary/aromatic N) is 7. The smallest absolute Gasteiger partial charge is 0.273 e. The van der Waals surface area contributed by atoms with Crippen LogP contribution < -0.4 is 0 Å². The van der Waals surface area contributed by atoms with Crippen molar-refractivity contribution in [2.24, 2.45) is 14.1 Å². The lowest BCUT2D eigenvalue weighted by atomic mass is 10.1. The Kier molecular flexibility index (Phi) is 4.33. The Labute approximate surface area is 155 Å². The number of carbonyl (C=O) groups excluding carboxylic acids is 1. The minimum atomic E-state index is -0.0244. The number of piperazine rings is 1. The topological polar surface area (TPSA) is 72.1 Å².